The van der Waals surface area contributed by atoms with Crippen LogP contribution in [0.15, 0.2) is 56.8 Å². The highest BCUT2D eigenvalue weighted by atomic mass is 16.5. The molecule has 8 nitrogen and oxygen atoms in total. The summed E-state index contributed by atoms with van der Waals surface area (Å²) in [5, 5.41) is 6.19. The molecular weight excluding hydrogens is 360 g/mol. The lowest BCUT2D eigenvalue weighted by Gasteiger charge is -2.33. The number of ether oxygens (including phenoxy) is 1. The minimum absolute atomic E-state index is 0.0491. The van der Waals surface area contributed by atoms with Crippen molar-refractivity contribution in [3.8, 4) is 0 Å². The highest BCUT2D eigenvalue weighted by Gasteiger charge is 2.27. The second-order valence-electron chi connectivity index (χ2n) is 6.64. The lowest BCUT2D eigenvalue weighted by molar-refractivity contribution is 0.0144. The Hall–Kier alpha value is -2.97. The van der Waals surface area contributed by atoms with Crippen molar-refractivity contribution in [1.82, 2.24) is 9.88 Å². The fourth-order valence-electron chi connectivity index (χ4n) is 3.39. The third kappa shape index (κ3) is 3.83. The summed E-state index contributed by atoms with van der Waals surface area (Å²) in [4.78, 5) is 30.5. The van der Waals surface area contributed by atoms with E-state index in [-0.39, 0.29) is 6.04 Å². The molecule has 8 heteroatoms. The SMILES string of the molecule is O=c1c(NCc2ccccn2)c(NC[C@H](c2ccco2)N2CCOCC2)c1=O. The van der Waals surface area contributed by atoms with Crippen LogP contribution in [-0.4, -0.2) is 42.7 Å². The standard InChI is InChI=1S/C20H22N4O4/c25-19-17(22-12-14-4-1-2-6-21-14)18(20(19)26)23-13-15(16-5-3-9-28-16)24-7-10-27-11-8-24/h1-6,9,15,22-23H,7-8,10-13H2/t15-/m1/s1. The maximum absolute atomic E-state index is 12.1. The van der Waals surface area contributed by atoms with Crippen LogP contribution in [0.4, 0.5) is 11.4 Å². The molecular formula is C20H22N4O4. The molecule has 1 aliphatic heterocycles. The third-order valence-electron chi connectivity index (χ3n) is 4.91. The van der Waals surface area contributed by atoms with Gasteiger partial charge in [-0.15, -0.1) is 0 Å². The summed E-state index contributed by atoms with van der Waals surface area (Å²) in [6.45, 7) is 3.72. The van der Waals surface area contributed by atoms with Gasteiger partial charge < -0.3 is 19.8 Å². The van der Waals surface area contributed by atoms with Crippen molar-refractivity contribution in [3.63, 3.8) is 0 Å². The minimum Gasteiger partial charge on any atom is -0.468 e. The van der Waals surface area contributed by atoms with E-state index in [0.717, 1.165) is 24.5 Å². The van der Waals surface area contributed by atoms with Gasteiger partial charge in [0.15, 0.2) is 0 Å². The van der Waals surface area contributed by atoms with Gasteiger partial charge in [0.2, 0.25) is 0 Å². The Kier molecular flexibility index (Phi) is 5.50. The van der Waals surface area contributed by atoms with Crippen LogP contribution in [0.1, 0.15) is 17.5 Å². The smallest absolute Gasteiger partial charge is 0.253 e. The van der Waals surface area contributed by atoms with Gasteiger partial charge in [-0.3, -0.25) is 19.5 Å². The highest BCUT2D eigenvalue weighted by molar-refractivity contribution is 5.74. The van der Waals surface area contributed by atoms with Crippen molar-refractivity contribution < 1.29 is 9.15 Å². The number of furan rings is 1. The second kappa shape index (κ2) is 8.37. The molecule has 0 spiro atoms. The maximum Gasteiger partial charge on any atom is 0.253 e. The number of anilines is 2. The molecule has 2 aromatic heterocycles. The van der Waals surface area contributed by atoms with Crippen LogP contribution in [0.25, 0.3) is 0 Å². The molecule has 1 atom stereocenters. The van der Waals surface area contributed by atoms with E-state index in [0.29, 0.717) is 37.7 Å². The molecule has 0 unspecified atom stereocenters. The van der Waals surface area contributed by atoms with Gasteiger partial charge in [0, 0.05) is 25.8 Å². The largest absolute Gasteiger partial charge is 0.468 e. The van der Waals surface area contributed by atoms with E-state index in [1.165, 1.54) is 0 Å². The van der Waals surface area contributed by atoms with E-state index in [1.807, 2.05) is 30.3 Å². The zero-order valence-electron chi connectivity index (χ0n) is 15.4. The average Bonchev–Trinajstić information content (AvgIpc) is 3.28. The summed E-state index contributed by atoms with van der Waals surface area (Å²) in [5.74, 6) is 0.816. The molecule has 4 rings (SSSR count). The molecule has 0 bridgehead atoms. The zero-order chi connectivity index (χ0) is 19.3. The number of pyridine rings is 1. The minimum atomic E-state index is -0.501. The van der Waals surface area contributed by atoms with Gasteiger partial charge in [0.25, 0.3) is 10.9 Å². The van der Waals surface area contributed by atoms with Crippen molar-refractivity contribution in [1.29, 1.82) is 0 Å². The summed E-state index contributed by atoms with van der Waals surface area (Å²) in [5.41, 5.74) is 0.438. The Labute approximate surface area is 161 Å². The Morgan fingerprint density at radius 2 is 1.82 bits per heavy atom. The number of hydrogen-bond acceptors (Lipinski definition) is 8. The first-order valence-corrected chi connectivity index (χ1v) is 9.30. The van der Waals surface area contributed by atoms with Crippen LogP contribution in [0, 0.1) is 0 Å². The van der Waals surface area contributed by atoms with Crippen LogP contribution < -0.4 is 21.5 Å². The molecule has 3 heterocycles. The van der Waals surface area contributed by atoms with Gasteiger partial charge in [-0.25, -0.2) is 0 Å². The first-order valence-electron chi connectivity index (χ1n) is 9.30. The van der Waals surface area contributed by atoms with Crippen LogP contribution in [0.2, 0.25) is 0 Å². The molecule has 1 fully saturated rings. The molecule has 0 radical (unpaired) electrons. The quantitative estimate of drug-likeness (QED) is 0.564. The van der Waals surface area contributed by atoms with E-state index in [2.05, 4.69) is 20.5 Å². The number of hydrogen-bond donors (Lipinski definition) is 2. The van der Waals surface area contributed by atoms with Gasteiger partial charge in [-0.05, 0) is 24.3 Å². The lowest BCUT2D eigenvalue weighted by atomic mass is 10.1. The fourth-order valence-corrected chi connectivity index (χ4v) is 3.39. The van der Waals surface area contributed by atoms with Crippen molar-refractivity contribution in [3.05, 3.63) is 74.7 Å². The number of nitrogens with zero attached hydrogens (tertiary/aromatic N) is 2. The topological polar surface area (TPSA) is 96.7 Å². The van der Waals surface area contributed by atoms with E-state index in [1.54, 1.807) is 12.5 Å². The summed E-state index contributed by atoms with van der Waals surface area (Å²) >= 11 is 0. The molecule has 28 heavy (non-hydrogen) atoms. The van der Waals surface area contributed by atoms with Crippen LogP contribution >= 0.6 is 0 Å². The first kappa shape index (κ1) is 18.4. The number of nitrogens with one attached hydrogen (secondary N) is 2. The Bertz CT molecular complexity index is 958. The lowest BCUT2D eigenvalue weighted by Crippen LogP contribution is -2.43. The molecule has 0 aliphatic carbocycles. The van der Waals surface area contributed by atoms with Crippen LogP contribution in [0.3, 0.4) is 0 Å². The number of rotatable bonds is 8. The zero-order valence-corrected chi connectivity index (χ0v) is 15.4. The van der Waals surface area contributed by atoms with Crippen LogP contribution in [0.5, 0.6) is 0 Å². The van der Waals surface area contributed by atoms with Crippen LogP contribution in [-0.2, 0) is 11.3 Å². The maximum atomic E-state index is 12.1. The first-order chi connectivity index (χ1) is 13.7. The number of morpholine rings is 1. The van der Waals surface area contributed by atoms with Crippen molar-refractivity contribution in [2.24, 2.45) is 0 Å². The molecule has 1 aromatic carbocycles. The Morgan fingerprint density at radius 1 is 1.04 bits per heavy atom. The Morgan fingerprint density at radius 3 is 2.50 bits per heavy atom. The predicted octanol–water partition coefficient (Wildman–Crippen LogP) is 1.37. The molecule has 146 valence electrons. The molecule has 2 N–H and O–H groups in total. The monoisotopic (exact) mass is 382 g/mol. The summed E-state index contributed by atoms with van der Waals surface area (Å²) in [6.07, 6.45) is 3.33. The van der Waals surface area contributed by atoms with E-state index in [9.17, 15) is 9.59 Å². The highest BCUT2D eigenvalue weighted by Crippen LogP contribution is 2.24. The molecule has 1 saturated heterocycles. The van der Waals surface area contributed by atoms with Gasteiger partial charge in [0.05, 0.1) is 37.8 Å². The van der Waals surface area contributed by atoms with E-state index < -0.39 is 10.9 Å². The third-order valence-corrected chi connectivity index (χ3v) is 4.91. The summed E-state index contributed by atoms with van der Waals surface area (Å²) < 4.78 is 11.0. The van der Waals surface area contributed by atoms with Gasteiger partial charge >= 0.3 is 0 Å². The van der Waals surface area contributed by atoms with Crippen molar-refractivity contribution >= 4 is 11.4 Å². The van der Waals surface area contributed by atoms with Gasteiger partial charge in [-0.1, -0.05) is 6.07 Å². The van der Waals surface area contributed by atoms with Gasteiger partial charge in [-0.2, -0.15) is 0 Å². The molecule has 1 aliphatic rings. The van der Waals surface area contributed by atoms with E-state index in [4.69, 9.17) is 9.15 Å². The predicted molar refractivity (Wildman–Crippen MR) is 105 cm³/mol. The van der Waals surface area contributed by atoms with E-state index >= 15 is 0 Å². The fraction of sp³-hybridized carbons (Fsp3) is 0.350. The summed E-state index contributed by atoms with van der Waals surface area (Å²) in [7, 11) is 0. The summed E-state index contributed by atoms with van der Waals surface area (Å²) in [6, 6.07) is 9.28. The second-order valence-corrected chi connectivity index (χ2v) is 6.64. The molecule has 0 amide bonds. The van der Waals surface area contributed by atoms with Crippen molar-refractivity contribution in [2.45, 2.75) is 12.6 Å². The molecule has 3 aromatic rings. The normalized spacial score (nSPS) is 16.1. The van der Waals surface area contributed by atoms with Crippen molar-refractivity contribution in [2.75, 3.05) is 43.5 Å². The average molecular weight is 382 g/mol. The van der Waals surface area contributed by atoms with Gasteiger partial charge in [0.1, 0.15) is 17.1 Å². The number of aromatic nitrogens is 1. The molecule has 0 saturated carbocycles. The Balaban J connectivity index is 1.45.